The van der Waals surface area contributed by atoms with Crippen molar-refractivity contribution < 1.29 is 4.79 Å². The first-order valence-electron chi connectivity index (χ1n) is 4.45. The van der Waals surface area contributed by atoms with Crippen LogP contribution in [0.15, 0.2) is 39.5 Å². The molecular formula is C11H7BrClNOS. The van der Waals surface area contributed by atoms with Crippen LogP contribution < -0.4 is 5.32 Å². The maximum absolute atomic E-state index is 11.9. The summed E-state index contributed by atoms with van der Waals surface area (Å²) in [5.41, 5.74) is 1.24. The van der Waals surface area contributed by atoms with Crippen LogP contribution in [0.1, 0.15) is 10.4 Å². The number of amides is 1. The summed E-state index contributed by atoms with van der Waals surface area (Å²) < 4.78 is 0.826. The molecule has 0 saturated heterocycles. The molecular weight excluding hydrogens is 310 g/mol. The van der Waals surface area contributed by atoms with Gasteiger partial charge in [-0.25, -0.2) is 0 Å². The monoisotopic (exact) mass is 315 g/mol. The van der Waals surface area contributed by atoms with Crippen molar-refractivity contribution in [3.63, 3.8) is 0 Å². The largest absolute Gasteiger partial charge is 0.321 e. The summed E-state index contributed by atoms with van der Waals surface area (Å²) >= 11 is 10.8. The highest BCUT2D eigenvalue weighted by Crippen LogP contribution is 2.22. The number of carbonyl (C=O) groups excluding carboxylic acids is 1. The lowest BCUT2D eigenvalue weighted by Crippen LogP contribution is -2.11. The van der Waals surface area contributed by atoms with E-state index in [2.05, 4.69) is 21.2 Å². The lowest BCUT2D eigenvalue weighted by molar-refractivity contribution is 0.102. The first kappa shape index (κ1) is 11.6. The summed E-state index contributed by atoms with van der Waals surface area (Å²) in [6, 6.07) is 7.02. The van der Waals surface area contributed by atoms with E-state index in [9.17, 15) is 4.79 Å². The summed E-state index contributed by atoms with van der Waals surface area (Å²) in [5.74, 6) is -0.204. The first-order chi connectivity index (χ1) is 7.66. The SMILES string of the molecule is O=C(Nc1ccsc1)c1cc(Br)ccc1Cl. The Morgan fingerprint density at radius 3 is 2.88 bits per heavy atom. The van der Waals surface area contributed by atoms with E-state index in [1.54, 1.807) is 18.2 Å². The van der Waals surface area contributed by atoms with E-state index in [0.717, 1.165) is 10.2 Å². The number of thiophene rings is 1. The number of rotatable bonds is 2. The zero-order chi connectivity index (χ0) is 11.5. The minimum absolute atomic E-state index is 0.204. The molecule has 16 heavy (non-hydrogen) atoms. The normalized spacial score (nSPS) is 10.1. The molecule has 82 valence electrons. The van der Waals surface area contributed by atoms with Gasteiger partial charge in [0.15, 0.2) is 0 Å². The van der Waals surface area contributed by atoms with Gasteiger partial charge >= 0.3 is 0 Å². The van der Waals surface area contributed by atoms with Gasteiger partial charge in [0.25, 0.3) is 5.91 Å². The second-order valence-corrected chi connectivity index (χ2v) is 5.19. The van der Waals surface area contributed by atoms with E-state index >= 15 is 0 Å². The Bertz CT molecular complexity index is 513. The van der Waals surface area contributed by atoms with Crippen molar-refractivity contribution in [2.75, 3.05) is 5.32 Å². The zero-order valence-electron chi connectivity index (χ0n) is 8.04. The van der Waals surface area contributed by atoms with Gasteiger partial charge in [-0.1, -0.05) is 27.5 Å². The third kappa shape index (κ3) is 2.64. The minimum Gasteiger partial charge on any atom is -0.321 e. The third-order valence-electron chi connectivity index (χ3n) is 1.95. The van der Waals surface area contributed by atoms with Gasteiger partial charge < -0.3 is 5.32 Å². The molecule has 5 heteroatoms. The predicted molar refractivity (Wildman–Crippen MR) is 71.4 cm³/mol. The minimum atomic E-state index is -0.204. The number of halogens is 2. The van der Waals surface area contributed by atoms with Crippen molar-refractivity contribution in [1.29, 1.82) is 0 Å². The van der Waals surface area contributed by atoms with Crippen LogP contribution in [0.2, 0.25) is 5.02 Å². The smallest absolute Gasteiger partial charge is 0.257 e. The van der Waals surface area contributed by atoms with E-state index in [0.29, 0.717) is 10.6 Å². The maximum Gasteiger partial charge on any atom is 0.257 e. The molecule has 0 aliphatic carbocycles. The van der Waals surface area contributed by atoms with Crippen LogP contribution in [-0.2, 0) is 0 Å². The van der Waals surface area contributed by atoms with Gasteiger partial charge in [0.05, 0.1) is 16.3 Å². The summed E-state index contributed by atoms with van der Waals surface area (Å²) in [6.07, 6.45) is 0. The molecule has 0 aliphatic rings. The van der Waals surface area contributed by atoms with Gasteiger partial charge in [-0.15, -0.1) is 0 Å². The number of hydrogen-bond acceptors (Lipinski definition) is 2. The molecule has 0 saturated carbocycles. The van der Waals surface area contributed by atoms with E-state index in [-0.39, 0.29) is 5.91 Å². The highest BCUT2D eigenvalue weighted by molar-refractivity contribution is 9.10. The maximum atomic E-state index is 11.9. The second-order valence-electron chi connectivity index (χ2n) is 3.09. The quantitative estimate of drug-likeness (QED) is 0.873. The number of hydrogen-bond donors (Lipinski definition) is 1. The van der Waals surface area contributed by atoms with Gasteiger partial charge in [0.1, 0.15) is 0 Å². The lowest BCUT2D eigenvalue weighted by atomic mass is 10.2. The van der Waals surface area contributed by atoms with Crippen LogP contribution in [0.5, 0.6) is 0 Å². The van der Waals surface area contributed by atoms with E-state index in [4.69, 9.17) is 11.6 Å². The number of anilines is 1. The van der Waals surface area contributed by atoms with Crippen LogP contribution in [-0.4, -0.2) is 5.91 Å². The van der Waals surface area contributed by atoms with Gasteiger partial charge in [-0.05, 0) is 29.6 Å². The average Bonchev–Trinajstić information content (AvgIpc) is 2.74. The molecule has 0 fully saturated rings. The fourth-order valence-electron chi connectivity index (χ4n) is 1.21. The van der Waals surface area contributed by atoms with E-state index < -0.39 is 0 Å². The highest BCUT2D eigenvalue weighted by atomic mass is 79.9. The first-order valence-corrected chi connectivity index (χ1v) is 6.57. The number of benzene rings is 1. The Balaban J connectivity index is 2.24. The fraction of sp³-hybridized carbons (Fsp3) is 0. The summed E-state index contributed by atoms with van der Waals surface area (Å²) in [4.78, 5) is 11.9. The molecule has 0 radical (unpaired) electrons. The molecule has 0 atom stereocenters. The average molecular weight is 317 g/mol. The Morgan fingerprint density at radius 1 is 1.38 bits per heavy atom. The molecule has 2 rings (SSSR count). The molecule has 0 aliphatic heterocycles. The molecule has 1 N–H and O–H groups in total. The van der Waals surface area contributed by atoms with Gasteiger partial charge in [-0.2, -0.15) is 11.3 Å². The molecule has 1 amide bonds. The molecule has 0 unspecified atom stereocenters. The molecule has 2 nitrogen and oxygen atoms in total. The zero-order valence-corrected chi connectivity index (χ0v) is 11.2. The Kier molecular flexibility index (Phi) is 3.63. The Labute approximate surface area is 110 Å². The molecule has 2 aromatic rings. The molecule has 1 heterocycles. The molecule has 1 aromatic heterocycles. The van der Waals surface area contributed by atoms with Crippen molar-refractivity contribution >= 4 is 50.5 Å². The van der Waals surface area contributed by atoms with Crippen LogP contribution in [0, 0.1) is 0 Å². The van der Waals surface area contributed by atoms with Gasteiger partial charge in [0, 0.05) is 9.85 Å². The van der Waals surface area contributed by atoms with Crippen LogP contribution in [0.3, 0.4) is 0 Å². The van der Waals surface area contributed by atoms with Crippen molar-refractivity contribution in [3.8, 4) is 0 Å². The van der Waals surface area contributed by atoms with E-state index in [1.807, 2.05) is 16.8 Å². The highest BCUT2D eigenvalue weighted by Gasteiger charge is 2.11. The Hall–Kier alpha value is -0.840. The van der Waals surface area contributed by atoms with Crippen LogP contribution in [0.25, 0.3) is 0 Å². The van der Waals surface area contributed by atoms with Crippen molar-refractivity contribution in [3.05, 3.63) is 50.1 Å². The Morgan fingerprint density at radius 2 is 2.19 bits per heavy atom. The van der Waals surface area contributed by atoms with Crippen LogP contribution >= 0.6 is 38.9 Å². The lowest BCUT2D eigenvalue weighted by Gasteiger charge is -2.05. The molecule has 1 aromatic carbocycles. The topological polar surface area (TPSA) is 29.1 Å². The summed E-state index contributed by atoms with van der Waals surface area (Å²) in [6.45, 7) is 0. The third-order valence-corrected chi connectivity index (χ3v) is 3.46. The standard InChI is InChI=1S/C11H7BrClNOS/c12-7-1-2-10(13)9(5-7)11(15)14-8-3-4-16-6-8/h1-6H,(H,14,15). The van der Waals surface area contributed by atoms with Gasteiger partial charge in [0.2, 0.25) is 0 Å². The van der Waals surface area contributed by atoms with Crippen LogP contribution in [0.4, 0.5) is 5.69 Å². The fourth-order valence-corrected chi connectivity index (χ4v) is 2.36. The van der Waals surface area contributed by atoms with E-state index in [1.165, 1.54) is 11.3 Å². The number of nitrogens with one attached hydrogen (secondary N) is 1. The summed E-state index contributed by atoms with van der Waals surface area (Å²) in [7, 11) is 0. The van der Waals surface area contributed by atoms with Gasteiger partial charge in [-0.3, -0.25) is 4.79 Å². The molecule has 0 spiro atoms. The van der Waals surface area contributed by atoms with Crippen molar-refractivity contribution in [2.45, 2.75) is 0 Å². The predicted octanol–water partition coefficient (Wildman–Crippen LogP) is 4.42. The molecule has 0 bridgehead atoms. The second kappa shape index (κ2) is 4.99. The van der Waals surface area contributed by atoms with Crippen molar-refractivity contribution in [1.82, 2.24) is 0 Å². The van der Waals surface area contributed by atoms with Crippen molar-refractivity contribution in [2.24, 2.45) is 0 Å². The summed E-state index contributed by atoms with van der Waals surface area (Å²) in [5, 5.41) is 6.98. The number of carbonyl (C=O) groups is 1.